The lowest BCUT2D eigenvalue weighted by Crippen LogP contribution is -2.36. The number of benzene rings is 1. The Hall–Kier alpha value is -2.27. The molecule has 1 aliphatic heterocycles. The Morgan fingerprint density at radius 1 is 1.24 bits per heavy atom. The van der Waals surface area contributed by atoms with E-state index in [1.807, 2.05) is 24.0 Å². The first kappa shape index (κ1) is 17.5. The standard InChI is InChI=1S/C19H22ClN3O2/c1-13-10-17(18(25-2)11-15(13)20)22-14-6-7-16(21-12-14)19(24)23-8-4-3-5-9-23/h6-7,10-12,22H,3-5,8-9H2,1-2H3. The number of methoxy groups -OCH3 is 1. The van der Waals surface area contributed by atoms with Crippen molar-refractivity contribution in [1.82, 2.24) is 9.88 Å². The van der Waals surface area contributed by atoms with E-state index in [1.165, 1.54) is 6.42 Å². The van der Waals surface area contributed by atoms with E-state index in [-0.39, 0.29) is 5.91 Å². The van der Waals surface area contributed by atoms with Gasteiger partial charge in [0.05, 0.1) is 24.7 Å². The van der Waals surface area contributed by atoms with Gasteiger partial charge >= 0.3 is 0 Å². The van der Waals surface area contributed by atoms with Gasteiger partial charge in [-0.25, -0.2) is 4.98 Å². The number of hydrogen-bond donors (Lipinski definition) is 1. The van der Waals surface area contributed by atoms with Gasteiger partial charge in [0, 0.05) is 24.2 Å². The minimum absolute atomic E-state index is 0.00571. The number of pyridine rings is 1. The molecule has 1 N–H and O–H groups in total. The fourth-order valence-corrected chi connectivity index (χ4v) is 3.09. The molecule has 25 heavy (non-hydrogen) atoms. The highest BCUT2D eigenvalue weighted by molar-refractivity contribution is 6.31. The number of carbonyl (C=O) groups is 1. The molecule has 0 atom stereocenters. The summed E-state index contributed by atoms with van der Waals surface area (Å²) in [6.07, 6.45) is 5.01. The van der Waals surface area contributed by atoms with Crippen LogP contribution in [0.5, 0.6) is 5.75 Å². The van der Waals surface area contributed by atoms with Crippen molar-refractivity contribution >= 4 is 28.9 Å². The fraction of sp³-hybridized carbons (Fsp3) is 0.368. The average Bonchev–Trinajstić information content (AvgIpc) is 2.65. The largest absolute Gasteiger partial charge is 0.495 e. The zero-order chi connectivity index (χ0) is 17.8. The van der Waals surface area contributed by atoms with Gasteiger partial charge in [-0.15, -0.1) is 0 Å². The maximum Gasteiger partial charge on any atom is 0.272 e. The second-order valence-corrected chi connectivity index (χ2v) is 6.62. The lowest BCUT2D eigenvalue weighted by atomic mass is 10.1. The summed E-state index contributed by atoms with van der Waals surface area (Å²) in [5.41, 5.74) is 3.03. The van der Waals surface area contributed by atoms with Gasteiger partial charge in [-0.3, -0.25) is 4.79 Å². The molecule has 2 heterocycles. The van der Waals surface area contributed by atoms with Gasteiger partial charge in [0.15, 0.2) is 0 Å². The minimum Gasteiger partial charge on any atom is -0.495 e. The van der Waals surface area contributed by atoms with Crippen LogP contribution in [0, 0.1) is 6.92 Å². The van der Waals surface area contributed by atoms with Crippen molar-refractivity contribution in [3.05, 3.63) is 46.7 Å². The van der Waals surface area contributed by atoms with Gasteiger partial charge in [0.25, 0.3) is 5.91 Å². The molecule has 1 saturated heterocycles. The molecule has 1 fully saturated rings. The SMILES string of the molecule is COc1cc(Cl)c(C)cc1Nc1ccc(C(=O)N2CCCCC2)nc1. The minimum atomic E-state index is 0.00571. The number of carbonyl (C=O) groups excluding carboxylic acids is 1. The number of nitrogens with zero attached hydrogens (tertiary/aromatic N) is 2. The van der Waals surface area contributed by atoms with Crippen LogP contribution in [-0.4, -0.2) is 36.0 Å². The lowest BCUT2D eigenvalue weighted by molar-refractivity contribution is 0.0718. The summed E-state index contributed by atoms with van der Waals surface area (Å²) >= 11 is 6.13. The molecule has 132 valence electrons. The van der Waals surface area contributed by atoms with Gasteiger partial charge in [0.2, 0.25) is 0 Å². The highest BCUT2D eigenvalue weighted by atomic mass is 35.5. The molecule has 5 nitrogen and oxygen atoms in total. The highest BCUT2D eigenvalue weighted by Crippen LogP contribution is 2.32. The van der Waals surface area contributed by atoms with E-state index in [2.05, 4.69) is 10.3 Å². The van der Waals surface area contributed by atoms with Crippen LogP contribution in [0.3, 0.4) is 0 Å². The molecule has 0 radical (unpaired) electrons. The first-order valence-corrected chi connectivity index (χ1v) is 8.83. The summed E-state index contributed by atoms with van der Waals surface area (Å²) in [4.78, 5) is 18.7. The van der Waals surface area contributed by atoms with E-state index in [1.54, 1.807) is 25.4 Å². The second kappa shape index (κ2) is 7.74. The molecule has 0 saturated carbocycles. The molecule has 1 amide bonds. The number of aromatic nitrogens is 1. The van der Waals surface area contributed by atoms with Crippen LogP contribution in [0.4, 0.5) is 11.4 Å². The van der Waals surface area contributed by atoms with Crippen LogP contribution in [-0.2, 0) is 0 Å². The first-order valence-electron chi connectivity index (χ1n) is 8.45. The molecule has 0 aliphatic carbocycles. The summed E-state index contributed by atoms with van der Waals surface area (Å²) in [5, 5.41) is 3.92. The lowest BCUT2D eigenvalue weighted by Gasteiger charge is -2.26. The second-order valence-electron chi connectivity index (χ2n) is 6.21. The Morgan fingerprint density at radius 2 is 2.00 bits per heavy atom. The predicted molar refractivity (Wildman–Crippen MR) is 100 cm³/mol. The Kier molecular flexibility index (Phi) is 5.43. The van der Waals surface area contributed by atoms with Crippen molar-refractivity contribution in [2.45, 2.75) is 26.2 Å². The molecule has 0 bridgehead atoms. The van der Waals surface area contributed by atoms with Crippen molar-refractivity contribution in [1.29, 1.82) is 0 Å². The Bertz CT molecular complexity index is 756. The third-order valence-electron chi connectivity index (χ3n) is 4.39. The van der Waals surface area contributed by atoms with Crippen molar-refractivity contribution in [2.75, 3.05) is 25.5 Å². The highest BCUT2D eigenvalue weighted by Gasteiger charge is 2.19. The Morgan fingerprint density at radius 3 is 2.64 bits per heavy atom. The average molecular weight is 360 g/mol. The smallest absolute Gasteiger partial charge is 0.272 e. The monoisotopic (exact) mass is 359 g/mol. The van der Waals surface area contributed by atoms with E-state index in [0.717, 1.165) is 42.9 Å². The normalized spacial score (nSPS) is 14.3. The van der Waals surface area contributed by atoms with E-state index in [4.69, 9.17) is 16.3 Å². The third kappa shape index (κ3) is 4.04. The number of piperidine rings is 1. The van der Waals surface area contributed by atoms with Crippen molar-refractivity contribution in [2.24, 2.45) is 0 Å². The maximum absolute atomic E-state index is 12.5. The number of likely N-dealkylation sites (tertiary alicyclic amines) is 1. The molecule has 1 aromatic carbocycles. The topological polar surface area (TPSA) is 54.5 Å². The number of hydrogen-bond acceptors (Lipinski definition) is 4. The van der Waals surface area contributed by atoms with Crippen LogP contribution >= 0.6 is 11.6 Å². The summed E-state index contributed by atoms with van der Waals surface area (Å²) in [5.74, 6) is 0.662. The van der Waals surface area contributed by atoms with E-state index < -0.39 is 0 Å². The number of aryl methyl sites for hydroxylation is 1. The molecule has 0 unspecified atom stereocenters. The molecule has 2 aromatic rings. The van der Waals surface area contributed by atoms with Gasteiger partial charge in [-0.2, -0.15) is 0 Å². The van der Waals surface area contributed by atoms with Crippen LogP contribution in [0.2, 0.25) is 5.02 Å². The summed E-state index contributed by atoms with van der Waals surface area (Å²) < 4.78 is 5.37. The molecular formula is C19H22ClN3O2. The number of anilines is 2. The van der Waals surface area contributed by atoms with Gasteiger partial charge in [-0.1, -0.05) is 11.6 Å². The molecule has 1 aromatic heterocycles. The van der Waals surface area contributed by atoms with Crippen LogP contribution < -0.4 is 10.1 Å². The van der Waals surface area contributed by atoms with Crippen molar-refractivity contribution in [3.63, 3.8) is 0 Å². The number of ether oxygens (including phenoxy) is 1. The number of rotatable bonds is 4. The third-order valence-corrected chi connectivity index (χ3v) is 4.79. The molecule has 6 heteroatoms. The first-order chi connectivity index (χ1) is 12.1. The molecule has 0 spiro atoms. The zero-order valence-electron chi connectivity index (χ0n) is 14.5. The predicted octanol–water partition coefficient (Wildman–Crippen LogP) is 4.42. The quantitative estimate of drug-likeness (QED) is 0.877. The summed E-state index contributed by atoms with van der Waals surface area (Å²) in [6, 6.07) is 7.32. The van der Waals surface area contributed by atoms with Gasteiger partial charge in [0.1, 0.15) is 11.4 Å². The van der Waals surface area contributed by atoms with Crippen molar-refractivity contribution < 1.29 is 9.53 Å². The van der Waals surface area contributed by atoms with Gasteiger partial charge < -0.3 is 15.0 Å². The Balaban J connectivity index is 1.75. The van der Waals surface area contributed by atoms with E-state index in [9.17, 15) is 4.79 Å². The van der Waals surface area contributed by atoms with Crippen LogP contribution in [0.1, 0.15) is 35.3 Å². The molecule has 1 aliphatic rings. The Labute approximate surface area is 153 Å². The maximum atomic E-state index is 12.5. The molecular weight excluding hydrogens is 338 g/mol. The summed E-state index contributed by atoms with van der Waals surface area (Å²) in [6.45, 7) is 3.58. The summed E-state index contributed by atoms with van der Waals surface area (Å²) in [7, 11) is 1.60. The number of halogens is 1. The van der Waals surface area contributed by atoms with E-state index in [0.29, 0.717) is 16.5 Å². The van der Waals surface area contributed by atoms with Gasteiger partial charge in [-0.05, 0) is 49.9 Å². The zero-order valence-corrected chi connectivity index (χ0v) is 15.3. The fourth-order valence-electron chi connectivity index (χ4n) is 2.94. The van der Waals surface area contributed by atoms with Crippen molar-refractivity contribution in [3.8, 4) is 5.75 Å². The number of amides is 1. The molecule has 3 rings (SSSR count). The van der Waals surface area contributed by atoms with Crippen LogP contribution in [0.25, 0.3) is 0 Å². The number of nitrogens with one attached hydrogen (secondary N) is 1. The van der Waals surface area contributed by atoms with Crippen LogP contribution in [0.15, 0.2) is 30.5 Å². The van der Waals surface area contributed by atoms with E-state index >= 15 is 0 Å².